The Bertz CT molecular complexity index is 463. The Morgan fingerprint density at radius 2 is 2.17 bits per heavy atom. The summed E-state index contributed by atoms with van der Waals surface area (Å²) in [6.45, 7) is 1.25. The van der Waals surface area contributed by atoms with Gasteiger partial charge < -0.3 is 10.2 Å². The highest BCUT2D eigenvalue weighted by molar-refractivity contribution is 6.33. The van der Waals surface area contributed by atoms with E-state index in [1.165, 1.54) is 23.1 Å². The zero-order chi connectivity index (χ0) is 13.7. The lowest BCUT2D eigenvalue weighted by Crippen LogP contribution is -3.06. The van der Waals surface area contributed by atoms with Crippen LogP contribution in [0.15, 0.2) is 18.2 Å². The smallest absolute Gasteiger partial charge is 0.270 e. The molecule has 0 atom stereocenters. The molecule has 0 aromatic heterocycles. The van der Waals surface area contributed by atoms with Gasteiger partial charge in [-0.25, -0.2) is 0 Å². The molecule has 0 radical (unpaired) electrons. The third-order valence-corrected chi connectivity index (χ3v) is 2.65. The molecule has 1 amide bonds. The van der Waals surface area contributed by atoms with E-state index < -0.39 is 10.8 Å². The Labute approximate surface area is 110 Å². The minimum absolute atomic E-state index is 0.125. The third kappa shape index (κ3) is 3.97. The molecule has 0 heterocycles. The number of carbonyl (C=O) groups is 1. The highest BCUT2D eigenvalue weighted by Crippen LogP contribution is 2.21. The summed E-state index contributed by atoms with van der Waals surface area (Å²) in [4.78, 5) is 23.0. The molecule has 0 aliphatic carbocycles. The van der Waals surface area contributed by atoms with E-state index in [1.807, 2.05) is 14.1 Å². The summed E-state index contributed by atoms with van der Waals surface area (Å²) in [5, 5.41) is 13.5. The van der Waals surface area contributed by atoms with Gasteiger partial charge in [0.05, 0.1) is 42.7 Å². The van der Waals surface area contributed by atoms with E-state index in [2.05, 4.69) is 5.32 Å². The number of quaternary nitrogens is 1. The van der Waals surface area contributed by atoms with Crippen molar-refractivity contribution in [3.63, 3.8) is 0 Å². The lowest BCUT2D eigenvalue weighted by molar-refractivity contribution is -0.856. The predicted molar refractivity (Wildman–Crippen MR) is 68.1 cm³/mol. The van der Waals surface area contributed by atoms with Gasteiger partial charge in [-0.2, -0.15) is 0 Å². The average Bonchev–Trinajstić information content (AvgIpc) is 2.28. The van der Waals surface area contributed by atoms with Gasteiger partial charge in [0.2, 0.25) is 0 Å². The summed E-state index contributed by atoms with van der Waals surface area (Å²) >= 11 is 5.85. The number of amides is 1. The van der Waals surface area contributed by atoms with Crippen LogP contribution in [0, 0.1) is 10.1 Å². The number of hydrogen-bond donors (Lipinski definition) is 2. The van der Waals surface area contributed by atoms with E-state index in [4.69, 9.17) is 11.6 Å². The summed E-state index contributed by atoms with van der Waals surface area (Å²) in [7, 11) is 3.93. The van der Waals surface area contributed by atoms with E-state index in [-0.39, 0.29) is 16.3 Å². The number of carbonyl (C=O) groups excluding carboxylic acids is 1. The predicted octanol–water partition coefficient (Wildman–Crippen LogP) is 0.123. The highest BCUT2D eigenvalue weighted by atomic mass is 35.5. The fourth-order valence-electron chi connectivity index (χ4n) is 1.32. The van der Waals surface area contributed by atoms with Crippen molar-refractivity contribution in [2.24, 2.45) is 0 Å². The number of nitro benzene ring substituents is 1. The second kappa shape index (κ2) is 6.32. The molecule has 98 valence electrons. The SMILES string of the molecule is C[NH+](C)CCNC(=O)c1cc([N+](=O)[O-])ccc1Cl. The number of nitrogens with one attached hydrogen (secondary N) is 2. The number of rotatable bonds is 5. The standard InChI is InChI=1S/C11H14ClN3O3/c1-14(2)6-5-13-11(16)9-7-8(15(17)18)3-4-10(9)12/h3-4,7H,5-6H2,1-2H3,(H,13,16)/p+1. The minimum atomic E-state index is -0.558. The number of benzene rings is 1. The second-order valence-electron chi connectivity index (χ2n) is 4.13. The number of likely N-dealkylation sites (N-methyl/N-ethyl adjacent to an activating group) is 1. The van der Waals surface area contributed by atoms with E-state index >= 15 is 0 Å². The van der Waals surface area contributed by atoms with Crippen LogP contribution in [0.25, 0.3) is 0 Å². The molecule has 6 nitrogen and oxygen atoms in total. The molecule has 0 spiro atoms. The van der Waals surface area contributed by atoms with Crippen molar-refractivity contribution in [2.75, 3.05) is 27.2 Å². The van der Waals surface area contributed by atoms with E-state index in [1.54, 1.807) is 0 Å². The van der Waals surface area contributed by atoms with Crippen molar-refractivity contribution < 1.29 is 14.6 Å². The van der Waals surface area contributed by atoms with Gasteiger partial charge in [0.15, 0.2) is 0 Å². The molecule has 2 N–H and O–H groups in total. The lowest BCUT2D eigenvalue weighted by atomic mass is 10.2. The van der Waals surface area contributed by atoms with Crippen LogP contribution in [0.5, 0.6) is 0 Å². The van der Waals surface area contributed by atoms with E-state index in [0.29, 0.717) is 6.54 Å². The third-order valence-electron chi connectivity index (χ3n) is 2.32. The van der Waals surface area contributed by atoms with Crippen LogP contribution in [0.1, 0.15) is 10.4 Å². The fourth-order valence-corrected chi connectivity index (χ4v) is 1.53. The molecule has 1 rings (SSSR count). The summed E-state index contributed by atoms with van der Waals surface area (Å²) in [5.41, 5.74) is -0.0255. The van der Waals surface area contributed by atoms with Crippen LogP contribution in [0.2, 0.25) is 5.02 Å². The molecule has 0 saturated carbocycles. The normalized spacial score (nSPS) is 10.4. The molecule has 0 unspecified atom stereocenters. The number of nitrogens with zero attached hydrogens (tertiary/aromatic N) is 1. The number of non-ortho nitro benzene ring substituents is 1. The van der Waals surface area contributed by atoms with Gasteiger partial charge >= 0.3 is 0 Å². The molecule has 0 aliphatic heterocycles. The molecule has 1 aromatic rings. The molecule has 18 heavy (non-hydrogen) atoms. The van der Waals surface area contributed by atoms with Crippen LogP contribution >= 0.6 is 11.6 Å². The number of hydrogen-bond acceptors (Lipinski definition) is 3. The average molecular weight is 273 g/mol. The molecule has 0 fully saturated rings. The zero-order valence-electron chi connectivity index (χ0n) is 10.2. The topological polar surface area (TPSA) is 76.7 Å². The van der Waals surface area contributed by atoms with Gasteiger partial charge in [0.1, 0.15) is 0 Å². The van der Waals surface area contributed by atoms with Crippen LogP contribution in [0.4, 0.5) is 5.69 Å². The Morgan fingerprint density at radius 1 is 1.50 bits per heavy atom. The summed E-state index contributed by atoms with van der Waals surface area (Å²) in [5.74, 6) is -0.398. The Balaban J connectivity index is 2.78. The van der Waals surface area contributed by atoms with Gasteiger partial charge in [0, 0.05) is 12.1 Å². The quantitative estimate of drug-likeness (QED) is 0.591. The number of halogens is 1. The molecular weight excluding hydrogens is 258 g/mol. The fraction of sp³-hybridized carbons (Fsp3) is 0.364. The summed E-state index contributed by atoms with van der Waals surface area (Å²) in [6.07, 6.45) is 0. The minimum Gasteiger partial charge on any atom is -0.346 e. The van der Waals surface area contributed by atoms with Crippen molar-refractivity contribution >= 4 is 23.2 Å². The Hall–Kier alpha value is -1.66. The first-order valence-electron chi connectivity index (χ1n) is 5.43. The zero-order valence-corrected chi connectivity index (χ0v) is 11.0. The first-order valence-corrected chi connectivity index (χ1v) is 5.80. The maximum Gasteiger partial charge on any atom is 0.270 e. The van der Waals surface area contributed by atoms with E-state index in [0.717, 1.165) is 6.54 Å². The molecule has 7 heteroatoms. The van der Waals surface area contributed by atoms with Gasteiger partial charge in [-0.3, -0.25) is 14.9 Å². The molecule has 0 bridgehead atoms. The maximum absolute atomic E-state index is 11.8. The summed E-state index contributed by atoms with van der Waals surface area (Å²) in [6, 6.07) is 3.80. The van der Waals surface area contributed by atoms with Crippen molar-refractivity contribution in [2.45, 2.75) is 0 Å². The van der Waals surface area contributed by atoms with Crippen LogP contribution in [0.3, 0.4) is 0 Å². The lowest BCUT2D eigenvalue weighted by Gasteiger charge is -2.09. The van der Waals surface area contributed by atoms with Crippen molar-refractivity contribution in [1.82, 2.24) is 5.32 Å². The monoisotopic (exact) mass is 272 g/mol. The highest BCUT2D eigenvalue weighted by Gasteiger charge is 2.15. The Morgan fingerprint density at radius 3 is 2.72 bits per heavy atom. The maximum atomic E-state index is 11.8. The summed E-state index contributed by atoms with van der Waals surface area (Å²) < 4.78 is 0. The first-order chi connectivity index (χ1) is 8.41. The van der Waals surface area contributed by atoms with Crippen LogP contribution in [-0.4, -0.2) is 38.0 Å². The van der Waals surface area contributed by atoms with Gasteiger partial charge in [-0.05, 0) is 6.07 Å². The van der Waals surface area contributed by atoms with Crippen molar-refractivity contribution in [3.8, 4) is 0 Å². The van der Waals surface area contributed by atoms with Gasteiger partial charge in [-0.15, -0.1) is 0 Å². The van der Waals surface area contributed by atoms with Crippen molar-refractivity contribution in [3.05, 3.63) is 38.9 Å². The van der Waals surface area contributed by atoms with E-state index in [9.17, 15) is 14.9 Å². The van der Waals surface area contributed by atoms with Gasteiger partial charge in [-0.1, -0.05) is 11.6 Å². The largest absolute Gasteiger partial charge is 0.346 e. The van der Waals surface area contributed by atoms with Gasteiger partial charge in [0.25, 0.3) is 11.6 Å². The molecule has 1 aromatic carbocycles. The van der Waals surface area contributed by atoms with Crippen LogP contribution in [-0.2, 0) is 0 Å². The molecule has 0 aliphatic rings. The van der Waals surface area contributed by atoms with Crippen LogP contribution < -0.4 is 10.2 Å². The number of nitro groups is 1. The van der Waals surface area contributed by atoms with Crippen molar-refractivity contribution in [1.29, 1.82) is 0 Å². The molecule has 0 saturated heterocycles. The first kappa shape index (κ1) is 14.4. The molecular formula is C11H15ClN3O3+. The second-order valence-corrected chi connectivity index (χ2v) is 4.54. The Kier molecular flexibility index (Phi) is 5.06.